The summed E-state index contributed by atoms with van der Waals surface area (Å²) in [7, 11) is 1.45. The third-order valence-electron chi connectivity index (χ3n) is 3.36. The van der Waals surface area contributed by atoms with Crippen molar-refractivity contribution in [3.8, 4) is 0 Å². The summed E-state index contributed by atoms with van der Waals surface area (Å²) in [5.41, 5.74) is -0.567. The summed E-state index contributed by atoms with van der Waals surface area (Å²) >= 11 is 1.68. The number of hydrogen-bond acceptors (Lipinski definition) is 6. The summed E-state index contributed by atoms with van der Waals surface area (Å²) in [6.07, 6.45) is 7.30. The number of nitrogens with zero attached hydrogens (tertiary/aromatic N) is 2. The fourth-order valence-corrected chi connectivity index (χ4v) is 2.88. The average molecular weight is 295 g/mol. The van der Waals surface area contributed by atoms with Gasteiger partial charge in [-0.15, -0.1) is 11.8 Å². The molecule has 0 spiro atoms. The van der Waals surface area contributed by atoms with Crippen LogP contribution in [-0.2, 0) is 9.53 Å². The molecule has 1 aromatic heterocycles. The molecule has 20 heavy (non-hydrogen) atoms. The van der Waals surface area contributed by atoms with Crippen molar-refractivity contribution >= 4 is 17.7 Å². The Morgan fingerprint density at radius 3 is 3.00 bits per heavy atom. The fraction of sp³-hybridized carbons (Fsp3) is 0.643. The molecule has 0 bridgehead atoms. The second-order valence-electron chi connectivity index (χ2n) is 5.24. The molecule has 1 aliphatic carbocycles. The van der Waals surface area contributed by atoms with Crippen molar-refractivity contribution in [3.63, 3.8) is 0 Å². The first kappa shape index (κ1) is 15.3. The van der Waals surface area contributed by atoms with Crippen molar-refractivity contribution in [2.24, 2.45) is 0 Å². The maximum atomic E-state index is 11.9. The highest BCUT2D eigenvalue weighted by molar-refractivity contribution is 7.99. The smallest absolute Gasteiger partial charge is 0.325 e. The van der Waals surface area contributed by atoms with E-state index in [1.165, 1.54) is 7.11 Å². The molecule has 110 valence electrons. The molecule has 6 heteroatoms. The van der Waals surface area contributed by atoms with E-state index in [4.69, 9.17) is 4.74 Å². The number of aromatic nitrogens is 2. The normalized spacial score (nSPS) is 17.5. The van der Waals surface area contributed by atoms with Gasteiger partial charge in [0.05, 0.1) is 12.1 Å². The number of ether oxygens (including phenoxy) is 1. The Morgan fingerprint density at radius 2 is 2.40 bits per heavy atom. The zero-order valence-corrected chi connectivity index (χ0v) is 12.8. The maximum Gasteiger partial charge on any atom is 0.325 e. The largest absolute Gasteiger partial charge is 0.468 e. The molecular formula is C14H21N3O2S. The van der Waals surface area contributed by atoms with Gasteiger partial charge in [-0.05, 0) is 44.4 Å². The highest BCUT2D eigenvalue weighted by Crippen LogP contribution is 2.26. The zero-order valence-electron chi connectivity index (χ0n) is 12.0. The Hall–Kier alpha value is -1.14. The quantitative estimate of drug-likeness (QED) is 0.343. The molecule has 1 saturated carbocycles. The zero-order chi connectivity index (χ0) is 14.4. The third-order valence-corrected chi connectivity index (χ3v) is 4.39. The molecule has 0 aliphatic heterocycles. The summed E-state index contributed by atoms with van der Waals surface area (Å²) in [5, 5.41) is 4.37. The van der Waals surface area contributed by atoms with Crippen LogP contribution in [0.4, 0.5) is 0 Å². The maximum absolute atomic E-state index is 11.9. The van der Waals surface area contributed by atoms with Crippen molar-refractivity contribution in [2.45, 2.75) is 49.2 Å². The Balaban J connectivity index is 1.78. The number of carbonyl (C=O) groups is 1. The van der Waals surface area contributed by atoms with Crippen LogP contribution >= 0.6 is 11.8 Å². The van der Waals surface area contributed by atoms with Gasteiger partial charge in [0.15, 0.2) is 0 Å². The first-order valence-corrected chi connectivity index (χ1v) is 7.87. The Bertz CT molecular complexity index is 439. The molecule has 5 nitrogen and oxygen atoms in total. The first-order chi connectivity index (χ1) is 9.64. The lowest BCUT2D eigenvalue weighted by molar-refractivity contribution is -0.148. The minimum absolute atomic E-state index is 0.170. The molecule has 1 atom stereocenters. The molecule has 2 rings (SSSR count). The van der Waals surface area contributed by atoms with Crippen LogP contribution in [0.5, 0.6) is 0 Å². The highest BCUT2D eigenvalue weighted by Gasteiger charge is 2.38. The van der Waals surface area contributed by atoms with Crippen molar-refractivity contribution in [1.29, 1.82) is 0 Å². The molecular weight excluding hydrogens is 274 g/mol. The van der Waals surface area contributed by atoms with Crippen LogP contribution < -0.4 is 5.32 Å². The molecule has 1 fully saturated rings. The third kappa shape index (κ3) is 4.45. The molecule has 0 radical (unpaired) electrons. The predicted molar refractivity (Wildman–Crippen MR) is 78.6 cm³/mol. The van der Waals surface area contributed by atoms with Gasteiger partial charge in [-0.1, -0.05) is 0 Å². The van der Waals surface area contributed by atoms with E-state index < -0.39 is 5.54 Å². The van der Waals surface area contributed by atoms with E-state index in [1.807, 2.05) is 13.0 Å². The van der Waals surface area contributed by atoms with Gasteiger partial charge in [0, 0.05) is 12.2 Å². The number of hydrogen-bond donors (Lipinski definition) is 1. The van der Waals surface area contributed by atoms with Gasteiger partial charge >= 0.3 is 5.97 Å². The monoisotopic (exact) mass is 295 g/mol. The molecule has 1 heterocycles. The molecule has 0 saturated heterocycles. The van der Waals surface area contributed by atoms with E-state index in [2.05, 4.69) is 15.3 Å². The predicted octanol–water partition coefficient (Wildman–Crippen LogP) is 2.03. The van der Waals surface area contributed by atoms with Crippen molar-refractivity contribution in [2.75, 3.05) is 12.9 Å². The molecule has 1 aromatic rings. The number of rotatable bonds is 8. The van der Waals surface area contributed by atoms with Crippen LogP contribution in [0, 0.1) is 0 Å². The molecule has 0 aromatic carbocycles. The summed E-state index contributed by atoms with van der Waals surface area (Å²) in [6.45, 7) is 1.94. The lowest BCUT2D eigenvalue weighted by Gasteiger charge is -2.28. The molecule has 1 unspecified atom stereocenters. The van der Waals surface area contributed by atoms with Crippen LogP contribution in [0.25, 0.3) is 0 Å². The highest BCUT2D eigenvalue weighted by atomic mass is 32.2. The summed E-state index contributed by atoms with van der Waals surface area (Å²) in [4.78, 5) is 20.0. The molecule has 1 aliphatic rings. The molecule has 0 amide bonds. The van der Waals surface area contributed by atoms with Gasteiger partial charge in [-0.25, -0.2) is 9.97 Å². The van der Waals surface area contributed by atoms with Crippen molar-refractivity contribution < 1.29 is 9.53 Å². The SMILES string of the molecule is COC(=O)C(C)(CCCSc1ccncn1)NC1CC1. The van der Waals surface area contributed by atoms with Crippen molar-refractivity contribution in [3.05, 3.63) is 18.6 Å². The number of nitrogens with one attached hydrogen (secondary N) is 1. The van der Waals surface area contributed by atoms with E-state index >= 15 is 0 Å². The first-order valence-electron chi connectivity index (χ1n) is 6.89. The van der Waals surface area contributed by atoms with Crippen LogP contribution in [-0.4, -0.2) is 40.4 Å². The minimum Gasteiger partial charge on any atom is -0.468 e. The Labute approximate surface area is 123 Å². The topological polar surface area (TPSA) is 64.1 Å². The fourth-order valence-electron chi connectivity index (χ4n) is 2.10. The lowest BCUT2D eigenvalue weighted by atomic mass is 9.96. The van der Waals surface area contributed by atoms with E-state index in [0.29, 0.717) is 6.04 Å². The van der Waals surface area contributed by atoms with E-state index in [-0.39, 0.29) is 5.97 Å². The average Bonchev–Trinajstić information content (AvgIpc) is 3.27. The summed E-state index contributed by atoms with van der Waals surface area (Å²) < 4.78 is 4.93. The van der Waals surface area contributed by atoms with Crippen LogP contribution in [0.1, 0.15) is 32.6 Å². The van der Waals surface area contributed by atoms with Gasteiger partial charge in [0.2, 0.25) is 0 Å². The van der Waals surface area contributed by atoms with Gasteiger partial charge in [-0.3, -0.25) is 10.1 Å². The standard InChI is InChI=1S/C14H21N3O2S/c1-14(13(18)19-2,17-11-4-5-11)7-3-9-20-12-6-8-15-10-16-12/h6,8,10-11,17H,3-5,7,9H2,1-2H3. The Morgan fingerprint density at radius 1 is 1.60 bits per heavy atom. The number of methoxy groups -OCH3 is 1. The lowest BCUT2D eigenvalue weighted by Crippen LogP contribution is -2.51. The van der Waals surface area contributed by atoms with Gasteiger partial charge in [-0.2, -0.15) is 0 Å². The van der Waals surface area contributed by atoms with E-state index in [1.54, 1.807) is 24.3 Å². The van der Waals surface area contributed by atoms with Crippen LogP contribution in [0.2, 0.25) is 0 Å². The van der Waals surface area contributed by atoms with E-state index in [0.717, 1.165) is 36.5 Å². The second kappa shape index (κ2) is 7.04. The Kier molecular flexibility index (Phi) is 5.37. The summed E-state index contributed by atoms with van der Waals surface area (Å²) in [5.74, 6) is 0.757. The van der Waals surface area contributed by atoms with Crippen LogP contribution in [0.3, 0.4) is 0 Å². The van der Waals surface area contributed by atoms with E-state index in [9.17, 15) is 4.79 Å². The van der Waals surface area contributed by atoms with Crippen molar-refractivity contribution in [1.82, 2.24) is 15.3 Å². The van der Waals surface area contributed by atoms with Gasteiger partial charge in [0.1, 0.15) is 11.9 Å². The number of thioether (sulfide) groups is 1. The van der Waals surface area contributed by atoms with Gasteiger partial charge in [0.25, 0.3) is 0 Å². The summed E-state index contributed by atoms with van der Waals surface area (Å²) in [6, 6.07) is 2.38. The molecule has 1 N–H and O–H groups in total. The van der Waals surface area contributed by atoms with Crippen LogP contribution in [0.15, 0.2) is 23.6 Å². The number of esters is 1. The minimum atomic E-state index is -0.567. The number of carbonyl (C=O) groups excluding carboxylic acids is 1. The second-order valence-corrected chi connectivity index (χ2v) is 6.36. The van der Waals surface area contributed by atoms with Gasteiger partial charge < -0.3 is 4.74 Å².